The van der Waals surface area contributed by atoms with Crippen molar-refractivity contribution < 1.29 is 74.4 Å². The molecule has 16 heteroatoms. The topological polar surface area (TPSA) is 250 Å². The van der Waals surface area contributed by atoms with Crippen LogP contribution in [0.1, 0.15) is 6.92 Å². The minimum atomic E-state index is -1.96. The van der Waals surface area contributed by atoms with Crippen molar-refractivity contribution in [1.29, 1.82) is 0 Å². The van der Waals surface area contributed by atoms with Crippen molar-refractivity contribution in [1.82, 2.24) is 0 Å². The minimum Gasteiger partial charge on any atom is -0.450 e. The largest absolute Gasteiger partial charge is 0.450 e. The van der Waals surface area contributed by atoms with Crippen molar-refractivity contribution >= 4 is 5.90 Å². The minimum absolute atomic E-state index is 0.239. The molecular weight excluding hydrogens is 482 g/mol. The highest BCUT2D eigenvalue weighted by atomic mass is 16.8. The first-order valence-corrected chi connectivity index (χ1v) is 11.0. The van der Waals surface area contributed by atoms with Crippen molar-refractivity contribution in [2.45, 2.75) is 99.2 Å². The molecule has 16 nitrogen and oxygen atoms in total. The monoisotopic (exact) mass is 513 g/mol. The Morgan fingerprint density at radius 2 is 1.34 bits per heavy atom. The molecule has 4 aliphatic rings. The molecule has 4 heterocycles. The summed E-state index contributed by atoms with van der Waals surface area (Å²) >= 11 is 0. The van der Waals surface area contributed by atoms with Crippen LogP contribution in [0.15, 0.2) is 4.99 Å². The smallest absolute Gasteiger partial charge is 0.227 e. The van der Waals surface area contributed by atoms with Gasteiger partial charge in [-0.25, -0.2) is 4.99 Å². The molecule has 0 amide bonds. The summed E-state index contributed by atoms with van der Waals surface area (Å²) in [4.78, 5) is 4.12. The molecular formula is C19H31NO15. The van der Waals surface area contributed by atoms with Gasteiger partial charge >= 0.3 is 0 Å². The van der Waals surface area contributed by atoms with E-state index in [0.29, 0.717) is 0 Å². The molecule has 3 fully saturated rings. The molecule has 0 bridgehead atoms. The second kappa shape index (κ2) is 10.7. The van der Waals surface area contributed by atoms with Gasteiger partial charge in [0.05, 0.1) is 13.2 Å². The number of hydrogen-bond acceptors (Lipinski definition) is 16. The summed E-state index contributed by atoms with van der Waals surface area (Å²) in [5.74, 6) is 0.239. The van der Waals surface area contributed by atoms with Gasteiger partial charge in [-0.2, -0.15) is 0 Å². The number of nitrogens with zero attached hydrogens (tertiary/aromatic N) is 1. The molecule has 4 aliphatic heterocycles. The van der Waals surface area contributed by atoms with Gasteiger partial charge < -0.3 is 74.4 Å². The van der Waals surface area contributed by atoms with Gasteiger partial charge in [0.15, 0.2) is 24.8 Å². The van der Waals surface area contributed by atoms with E-state index in [0.717, 1.165) is 0 Å². The number of ether oxygens (including phenoxy) is 6. The highest BCUT2D eigenvalue weighted by molar-refractivity contribution is 5.75. The van der Waals surface area contributed by atoms with Gasteiger partial charge in [-0.1, -0.05) is 0 Å². The fraction of sp³-hybridized carbons (Fsp3) is 0.947. The molecule has 15 atom stereocenters. The van der Waals surface area contributed by atoms with Crippen LogP contribution < -0.4 is 0 Å². The molecule has 0 aromatic rings. The van der Waals surface area contributed by atoms with E-state index in [4.69, 9.17) is 28.4 Å². The molecule has 3 saturated heterocycles. The van der Waals surface area contributed by atoms with Gasteiger partial charge in [0.2, 0.25) is 6.29 Å². The fourth-order valence-corrected chi connectivity index (χ4v) is 4.43. The Hall–Kier alpha value is -1.09. The molecule has 0 aliphatic carbocycles. The predicted molar refractivity (Wildman–Crippen MR) is 106 cm³/mol. The number of aliphatic hydroxyl groups is 9. The van der Waals surface area contributed by atoms with Crippen LogP contribution in [0.5, 0.6) is 0 Å². The molecule has 35 heavy (non-hydrogen) atoms. The van der Waals surface area contributed by atoms with Gasteiger partial charge in [-0.05, 0) is 0 Å². The highest BCUT2D eigenvalue weighted by Crippen LogP contribution is 2.34. The van der Waals surface area contributed by atoms with Crippen LogP contribution in [0.2, 0.25) is 0 Å². The summed E-state index contributed by atoms with van der Waals surface area (Å²) in [5.41, 5.74) is 0. The zero-order valence-electron chi connectivity index (χ0n) is 18.5. The number of aliphatic hydroxyl groups excluding tert-OH is 9. The van der Waals surface area contributed by atoms with Gasteiger partial charge in [0, 0.05) is 6.92 Å². The molecule has 202 valence electrons. The summed E-state index contributed by atoms with van der Waals surface area (Å²) in [6, 6.07) is -0.920. The quantitative estimate of drug-likeness (QED) is 0.160. The summed E-state index contributed by atoms with van der Waals surface area (Å²) < 4.78 is 32.7. The number of aliphatic imine (C=N–C) groups is 1. The zero-order valence-corrected chi connectivity index (χ0v) is 18.5. The average molecular weight is 513 g/mol. The first-order valence-electron chi connectivity index (χ1n) is 11.0. The molecule has 0 radical (unpaired) electrons. The molecule has 4 rings (SSSR count). The molecule has 0 aromatic carbocycles. The summed E-state index contributed by atoms with van der Waals surface area (Å²) in [5, 5.41) is 90.9. The number of hydrogen-bond donors (Lipinski definition) is 9. The van der Waals surface area contributed by atoms with Crippen LogP contribution in [0, 0.1) is 0 Å². The van der Waals surface area contributed by atoms with Crippen molar-refractivity contribution in [2.75, 3.05) is 13.2 Å². The van der Waals surface area contributed by atoms with E-state index in [2.05, 4.69) is 4.99 Å². The molecule has 9 N–H and O–H groups in total. The summed E-state index contributed by atoms with van der Waals surface area (Å²) in [6.45, 7) is 0.164. The molecule has 0 aromatic heterocycles. The second-order valence-electron chi connectivity index (χ2n) is 8.75. The lowest BCUT2D eigenvalue weighted by molar-refractivity contribution is -0.399. The molecule has 6 unspecified atom stereocenters. The van der Waals surface area contributed by atoms with Crippen LogP contribution in [0.4, 0.5) is 0 Å². The third-order valence-electron chi connectivity index (χ3n) is 6.39. The maximum Gasteiger partial charge on any atom is 0.227 e. The van der Waals surface area contributed by atoms with E-state index < -0.39 is 105 Å². The van der Waals surface area contributed by atoms with E-state index >= 15 is 0 Å². The first kappa shape index (κ1) is 27.0. The average Bonchev–Trinajstić information content (AvgIpc) is 3.21. The Balaban J connectivity index is 1.55. The van der Waals surface area contributed by atoms with Gasteiger partial charge in [-0.3, -0.25) is 0 Å². The van der Waals surface area contributed by atoms with Crippen molar-refractivity contribution in [2.24, 2.45) is 4.99 Å². The van der Waals surface area contributed by atoms with Crippen LogP contribution in [0.3, 0.4) is 0 Å². The van der Waals surface area contributed by atoms with Crippen LogP contribution in [-0.2, 0) is 28.4 Å². The SMILES string of the molecule is CC1=NC2[C@@H](O1)OC(CO)[C@@H](O[C@@H]1OC(O)[C@@H](O)C(O)[C@H]1O[C@H]1OC(CO)[C@@H](O)[C@H](O)C1O)[C@@H]2O. The molecule has 0 saturated carbocycles. The first-order chi connectivity index (χ1) is 16.6. The predicted octanol–water partition coefficient (Wildman–Crippen LogP) is -6.15. The van der Waals surface area contributed by atoms with Crippen molar-refractivity contribution in [3.05, 3.63) is 0 Å². The van der Waals surface area contributed by atoms with Gasteiger partial charge in [0.25, 0.3) is 0 Å². The van der Waals surface area contributed by atoms with E-state index in [1.165, 1.54) is 0 Å². The van der Waals surface area contributed by atoms with E-state index in [-0.39, 0.29) is 5.90 Å². The number of rotatable bonds is 6. The summed E-state index contributed by atoms with van der Waals surface area (Å²) in [7, 11) is 0. The lowest BCUT2D eigenvalue weighted by Crippen LogP contribution is -2.66. The lowest BCUT2D eigenvalue weighted by atomic mass is 9.96. The Morgan fingerprint density at radius 1 is 0.686 bits per heavy atom. The Bertz CT molecular complexity index is 756. The second-order valence-corrected chi connectivity index (χ2v) is 8.75. The third kappa shape index (κ3) is 5.05. The van der Waals surface area contributed by atoms with Gasteiger partial charge in [-0.15, -0.1) is 0 Å². The Morgan fingerprint density at radius 3 is 2.00 bits per heavy atom. The lowest BCUT2D eigenvalue weighted by Gasteiger charge is -2.47. The zero-order chi connectivity index (χ0) is 25.6. The maximum absolute atomic E-state index is 10.8. The van der Waals surface area contributed by atoms with Crippen LogP contribution in [0.25, 0.3) is 0 Å². The highest BCUT2D eigenvalue weighted by Gasteiger charge is 2.55. The van der Waals surface area contributed by atoms with E-state index in [9.17, 15) is 46.0 Å². The normalized spacial score (nSPS) is 52.5. The maximum atomic E-state index is 10.8. The van der Waals surface area contributed by atoms with E-state index in [1.807, 2.05) is 0 Å². The Labute approximate surface area is 198 Å². The third-order valence-corrected chi connectivity index (χ3v) is 6.39. The molecule has 0 spiro atoms. The van der Waals surface area contributed by atoms with Crippen LogP contribution >= 0.6 is 0 Å². The summed E-state index contributed by atoms with van der Waals surface area (Å²) in [6.07, 6.45) is -22.5. The Kier molecular flexibility index (Phi) is 8.26. The van der Waals surface area contributed by atoms with Crippen LogP contribution in [-0.4, -0.2) is 157 Å². The standard InChI is InChI=1S/C19H31NO15/c1-4-20-7-9(24)14(6(3-22)32-17(7)30-4)33-19-15(11(26)12(27)16(29)35-19)34-18-13(28)10(25)8(23)5(2-21)31-18/h5-19,21-29H,2-3H2,1H3/t5?,6?,7?,8-,9-,10+,11?,12+,13?,14-,15-,16?,17+,18-,19-/m1/s1. The fourth-order valence-electron chi connectivity index (χ4n) is 4.43. The number of fused-ring (bicyclic) bond motifs is 1. The van der Waals surface area contributed by atoms with E-state index in [1.54, 1.807) is 6.92 Å². The van der Waals surface area contributed by atoms with Crippen molar-refractivity contribution in [3.63, 3.8) is 0 Å². The van der Waals surface area contributed by atoms with Crippen molar-refractivity contribution in [3.8, 4) is 0 Å². The van der Waals surface area contributed by atoms with Gasteiger partial charge in [0.1, 0.15) is 67.1 Å².